The number of hydrogen-bond acceptors (Lipinski definition) is 7. The van der Waals surface area contributed by atoms with Crippen LogP contribution in [0.15, 0.2) is 35.1 Å². The van der Waals surface area contributed by atoms with Crippen molar-refractivity contribution in [2.24, 2.45) is 5.14 Å². The average Bonchev–Trinajstić information content (AvgIpc) is 2.66. The Labute approximate surface area is 173 Å². The molecule has 0 aliphatic rings. The van der Waals surface area contributed by atoms with E-state index in [-0.39, 0.29) is 16.9 Å². The first-order chi connectivity index (χ1) is 13.7. The first-order valence-electron chi connectivity index (χ1n) is 9.41. The molecule has 0 spiro atoms. The maximum atomic E-state index is 13.3. The lowest BCUT2D eigenvalue weighted by Crippen LogP contribution is -2.28. The Balaban J connectivity index is 2.16. The van der Waals surface area contributed by atoms with Crippen molar-refractivity contribution in [3.8, 4) is 5.75 Å². The standard InChI is InChI=1S/C20H25N3O4S2/c1-3-23(4-2)10-9-22-16-7-5-13(12-29(21,26)27)20-18(16)19(25)15-11-14(24)6-8-17(15)28-20/h5-8,11,22,24H,3-4,9-10,12H2,1-2H3,(H2,21,26,27). The highest BCUT2D eigenvalue weighted by molar-refractivity contribution is 7.88. The smallest absolute Gasteiger partial charge is 0.213 e. The molecule has 9 heteroatoms. The highest BCUT2D eigenvalue weighted by Gasteiger charge is 2.17. The third kappa shape index (κ3) is 4.87. The molecule has 0 amide bonds. The summed E-state index contributed by atoms with van der Waals surface area (Å²) in [5, 5.41) is 19.2. The van der Waals surface area contributed by atoms with Crippen molar-refractivity contribution in [3.05, 3.63) is 46.1 Å². The van der Waals surface area contributed by atoms with Crippen molar-refractivity contribution in [1.82, 2.24) is 4.90 Å². The molecule has 0 saturated carbocycles. The predicted octanol–water partition coefficient (Wildman–Crippen LogP) is 2.66. The Morgan fingerprint density at radius 3 is 2.55 bits per heavy atom. The van der Waals surface area contributed by atoms with Gasteiger partial charge in [-0.25, -0.2) is 13.6 Å². The van der Waals surface area contributed by atoms with Crippen molar-refractivity contribution in [2.45, 2.75) is 19.6 Å². The van der Waals surface area contributed by atoms with Crippen LogP contribution in [0.5, 0.6) is 5.75 Å². The molecular weight excluding hydrogens is 410 g/mol. The zero-order chi connectivity index (χ0) is 21.2. The highest BCUT2D eigenvalue weighted by atomic mass is 32.2. The fourth-order valence-corrected chi connectivity index (χ4v) is 5.32. The van der Waals surface area contributed by atoms with Crippen LogP contribution in [-0.4, -0.2) is 44.6 Å². The van der Waals surface area contributed by atoms with Gasteiger partial charge in [-0.3, -0.25) is 4.79 Å². The largest absolute Gasteiger partial charge is 0.508 e. The quantitative estimate of drug-likeness (QED) is 0.469. The molecule has 3 rings (SSSR count). The van der Waals surface area contributed by atoms with Gasteiger partial charge in [-0.2, -0.15) is 0 Å². The van der Waals surface area contributed by atoms with Crippen molar-refractivity contribution >= 4 is 47.2 Å². The molecule has 1 heterocycles. The summed E-state index contributed by atoms with van der Waals surface area (Å²) in [7, 11) is -3.75. The van der Waals surface area contributed by atoms with Gasteiger partial charge in [0.15, 0.2) is 5.43 Å². The number of likely N-dealkylation sites (N-methyl/N-ethyl adjacent to an activating group) is 1. The van der Waals surface area contributed by atoms with Crippen LogP contribution in [0.25, 0.3) is 20.2 Å². The molecule has 0 aliphatic heterocycles. The molecule has 4 N–H and O–H groups in total. The molecule has 0 atom stereocenters. The number of hydrogen-bond donors (Lipinski definition) is 3. The number of benzene rings is 2. The van der Waals surface area contributed by atoms with Gasteiger partial charge in [0.05, 0.1) is 11.1 Å². The van der Waals surface area contributed by atoms with Gasteiger partial charge in [-0.15, -0.1) is 11.3 Å². The van der Waals surface area contributed by atoms with Crippen molar-refractivity contribution in [1.29, 1.82) is 0 Å². The number of phenolic OH excluding ortho intramolecular Hbond substituents is 1. The highest BCUT2D eigenvalue weighted by Crippen LogP contribution is 2.33. The minimum atomic E-state index is -3.75. The van der Waals surface area contributed by atoms with Crippen molar-refractivity contribution < 1.29 is 13.5 Å². The van der Waals surface area contributed by atoms with Gasteiger partial charge in [-0.05, 0) is 42.9 Å². The predicted molar refractivity (Wildman–Crippen MR) is 120 cm³/mol. The molecule has 0 aliphatic carbocycles. The molecule has 0 radical (unpaired) electrons. The van der Waals surface area contributed by atoms with Crippen LogP contribution < -0.4 is 15.9 Å². The lowest BCUT2D eigenvalue weighted by Gasteiger charge is -2.19. The molecule has 0 fully saturated rings. The third-order valence-electron chi connectivity index (χ3n) is 4.88. The van der Waals surface area contributed by atoms with E-state index in [4.69, 9.17) is 5.14 Å². The number of fused-ring (bicyclic) bond motifs is 2. The summed E-state index contributed by atoms with van der Waals surface area (Å²) in [6.45, 7) is 7.52. The second-order valence-electron chi connectivity index (χ2n) is 6.85. The molecule has 3 aromatic rings. The minimum absolute atomic E-state index is 0.0119. The van der Waals surface area contributed by atoms with E-state index in [1.165, 1.54) is 23.5 Å². The Bertz CT molecular complexity index is 1200. The first-order valence-corrected chi connectivity index (χ1v) is 11.9. The van der Waals surface area contributed by atoms with E-state index >= 15 is 0 Å². The van der Waals surface area contributed by atoms with Gasteiger partial charge >= 0.3 is 0 Å². The lowest BCUT2D eigenvalue weighted by molar-refractivity contribution is 0.316. The summed E-state index contributed by atoms with van der Waals surface area (Å²) in [4.78, 5) is 15.5. The molecule has 0 bridgehead atoms. The van der Waals surface area contributed by atoms with Crippen LogP contribution in [0.1, 0.15) is 19.4 Å². The summed E-state index contributed by atoms with van der Waals surface area (Å²) in [5.74, 6) is -0.333. The number of sulfonamides is 1. The molecule has 7 nitrogen and oxygen atoms in total. The number of anilines is 1. The number of primary sulfonamides is 1. The third-order valence-corrected chi connectivity index (χ3v) is 6.84. The molecule has 2 aromatic carbocycles. The zero-order valence-electron chi connectivity index (χ0n) is 16.4. The summed E-state index contributed by atoms with van der Waals surface area (Å²) in [6, 6.07) is 8.05. The van der Waals surface area contributed by atoms with E-state index in [9.17, 15) is 18.3 Å². The SMILES string of the molecule is CCN(CC)CCNc1ccc(CS(N)(=O)=O)c2sc3ccc(O)cc3c(=O)c12. The van der Waals surface area contributed by atoms with Crippen LogP contribution in [0.3, 0.4) is 0 Å². The van der Waals surface area contributed by atoms with Gasteiger partial charge in [0.25, 0.3) is 0 Å². The minimum Gasteiger partial charge on any atom is -0.508 e. The number of rotatable bonds is 8. The molecule has 1 aromatic heterocycles. The molecule has 0 saturated heterocycles. The van der Waals surface area contributed by atoms with Crippen molar-refractivity contribution in [3.63, 3.8) is 0 Å². The van der Waals surface area contributed by atoms with Gasteiger partial charge in [-0.1, -0.05) is 19.9 Å². The Morgan fingerprint density at radius 1 is 1.17 bits per heavy atom. The normalized spacial score (nSPS) is 12.1. The van der Waals surface area contributed by atoms with Crippen LogP contribution >= 0.6 is 11.3 Å². The van der Waals surface area contributed by atoms with Crippen LogP contribution in [0.2, 0.25) is 0 Å². The van der Waals surface area contributed by atoms with Gasteiger partial charge in [0.1, 0.15) is 5.75 Å². The monoisotopic (exact) mass is 435 g/mol. The number of aromatic hydroxyl groups is 1. The number of nitrogens with one attached hydrogen (secondary N) is 1. The number of nitrogens with two attached hydrogens (primary N) is 1. The molecular formula is C20H25N3O4S2. The zero-order valence-corrected chi connectivity index (χ0v) is 18.1. The van der Waals surface area contributed by atoms with E-state index in [1.807, 2.05) is 0 Å². The van der Waals surface area contributed by atoms with Gasteiger partial charge in [0.2, 0.25) is 10.0 Å². The fourth-order valence-electron chi connectivity index (χ4n) is 3.36. The topological polar surface area (TPSA) is 113 Å². The van der Waals surface area contributed by atoms with Gasteiger partial charge < -0.3 is 15.3 Å². The summed E-state index contributed by atoms with van der Waals surface area (Å²) in [6.07, 6.45) is 0. The molecule has 156 valence electrons. The summed E-state index contributed by atoms with van der Waals surface area (Å²) < 4.78 is 24.6. The Kier molecular flexibility index (Phi) is 6.42. The van der Waals surface area contributed by atoms with E-state index < -0.39 is 10.0 Å². The molecule has 29 heavy (non-hydrogen) atoms. The average molecular weight is 436 g/mol. The molecule has 0 unspecified atom stereocenters. The fraction of sp³-hybridized carbons (Fsp3) is 0.350. The lowest BCUT2D eigenvalue weighted by atomic mass is 10.1. The second-order valence-corrected chi connectivity index (χ2v) is 9.52. The van der Waals surface area contributed by atoms with Gasteiger partial charge in [0, 0.05) is 33.6 Å². The maximum absolute atomic E-state index is 13.3. The van der Waals surface area contributed by atoms with E-state index in [0.717, 1.165) is 19.6 Å². The Hall–Kier alpha value is -2.20. The van der Waals surface area contributed by atoms with E-state index in [0.29, 0.717) is 38.0 Å². The van der Waals surface area contributed by atoms with E-state index in [2.05, 4.69) is 24.1 Å². The second kappa shape index (κ2) is 8.66. The maximum Gasteiger partial charge on any atom is 0.213 e. The van der Waals surface area contributed by atoms with Crippen LogP contribution in [-0.2, 0) is 15.8 Å². The van der Waals surface area contributed by atoms with Crippen LogP contribution in [0.4, 0.5) is 5.69 Å². The first kappa shape index (κ1) is 21.5. The van der Waals surface area contributed by atoms with E-state index in [1.54, 1.807) is 18.2 Å². The van der Waals surface area contributed by atoms with Crippen molar-refractivity contribution in [2.75, 3.05) is 31.5 Å². The summed E-state index contributed by atoms with van der Waals surface area (Å²) in [5.41, 5.74) is 0.900. The number of nitrogens with zero attached hydrogens (tertiary/aromatic N) is 1. The summed E-state index contributed by atoms with van der Waals surface area (Å²) >= 11 is 1.32. The van der Waals surface area contributed by atoms with Crippen LogP contribution in [0, 0.1) is 0 Å². The Morgan fingerprint density at radius 2 is 1.90 bits per heavy atom. The number of phenols is 1.